The van der Waals surface area contributed by atoms with Crippen LogP contribution in [0.2, 0.25) is 0 Å². The number of aliphatic carboxylic acids is 1. The highest BCUT2D eigenvalue weighted by Gasteiger charge is 2.34. The highest BCUT2D eigenvalue weighted by Crippen LogP contribution is 2.22. The maximum absolute atomic E-state index is 12.9. The lowest BCUT2D eigenvalue weighted by atomic mass is 10.1. The lowest BCUT2D eigenvalue weighted by Crippen LogP contribution is -2.22. The number of oxazole rings is 4. The summed E-state index contributed by atoms with van der Waals surface area (Å²) in [6, 6.07) is 41.3. The Balaban J connectivity index is 0.000000208. The van der Waals surface area contributed by atoms with E-state index in [2.05, 4.69) is 47.2 Å². The third-order valence-corrected chi connectivity index (χ3v) is 15.5. The second-order valence-corrected chi connectivity index (χ2v) is 24.9. The van der Waals surface area contributed by atoms with Crippen LogP contribution in [0.4, 0.5) is 30.7 Å². The first kappa shape index (κ1) is 88.1. The molecule has 1 aliphatic rings. The zero-order valence-electron chi connectivity index (χ0n) is 60.1. The van der Waals surface area contributed by atoms with Gasteiger partial charge >= 0.3 is 11.9 Å². The molecule has 11 aromatic rings. The molecule has 0 saturated carbocycles. The summed E-state index contributed by atoms with van der Waals surface area (Å²) in [5, 5.41) is 27.7. The number of halogens is 9. The summed E-state index contributed by atoms with van der Waals surface area (Å²) in [5.74, 6) is -7.29. The highest BCUT2D eigenvalue weighted by atomic mass is 79.9. The Bertz CT molecular complexity index is 4900. The average molecular weight is 1630 g/mol. The first-order chi connectivity index (χ1) is 53.3. The number of hydrogen-bond donors (Lipinski definition) is 3. The Labute approximate surface area is 649 Å². The molecule has 0 radical (unpaired) electrons. The third-order valence-electron chi connectivity index (χ3n) is 14.7. The molecule has 0 saturated heterocycles. The predicted octanol–water partition coefficient (Wildman–Crippen LogP) is 16.3. The summed E-state index contributed by atoms with van der Waals surface area (Å²) in [4.78, 5) is 106. The summed E-state index contributed by atoms with van der Waals surface area (Å²) in [6.07, 6.45) is 8.73. The van der Waals surface area contributed by atoms with Gasteiger partial charge in [0, 0.05) is 64.1 Å². The average Bonchev–Trinajstić information content (AvgIpc) is 1.66. The number of aliphatic hydroxyl groups excluding tert-OH is 2. The zero-order chi connectivity index (χ0) is 82.0. The number of rotatable bonds is 23. The van der Waals surface area contributed by atoms with Crippen LogP contribution in [-0.2, 0) is 78.4 Å². The SMILES string of the molecule is C=C(C)c1nc(Cc2ccc(F)cc2)co1.CC(=O)c1nc(Cc2ccc(F)cc2)co1.CCOC(=O)C(=O)C=C(O)c1nc(Cc2ccc(F)cc2)co1.CN1CC(C(=O)c2nc(Cc3ccc(F)cc3)co2)=C(O)C1=O.O=C(CBr)Cc1ccc(F)cc1.O=C(Cl)Cc1ccc(F)cc1.O=C(O)Cc1ccc(F)cc1. The number of Topliss-reactive ketones (excluding diaryl/α,β-unsaturated/α-hetero) is 3. The van der Waals surface area contributed by atoms with Crippen molar-refractivity contribution in [3.05, 3.63) is 345 Å². The van der Waals surface area contributed by atoms with Crippen molar-refractivity contribution in [2.24, 2.45) is 0 Å². The quantitative estimate of drug-likeness (QED) is 0.00783. The molecule has 12 rings (SSSR count). The summed E-state index contributed by atoms with van der Waals surface area (Å²) in [7, 11) is 1.48. The van der Waals surface area contributed by atoms with Crippen LogP contribution in [0.25, 0.3) is 11.3 Å². The zero-order valence-corrected chi connectivity index (χ0v) is 62.5. The van der Waals surface area contributed by atoms with Gasteiger partial charge in [0.25, 0.3) is 29.4 Å². The molecule has 0 atom stereocenters. The molecular formula is C82H70BrClF7N5O16. The fourth-order valence-electron chi connectivity index (χ4n) is 9.24. The third kappa shape index (κ3) is 31.1. The standard InChI is InChI=1S/C16H13FN2O4.C16H14FNO5.C13H12FNO.C12H10FNO2.C9H8BrFO.C8H6ClFO.C8H7FO2/c1-19-7-12(14(21)16(19)22)13(20)15-18-11(8-23-15)6-9-2-4-10(17)5-3-9;1-2-22-16(21)14(20)8-13(19)15-18-12(9-23-15)7-10-3-5-11(17)6-4-10;1-9(2)13-15-12(8-16-13)7-10-3-5-11(14)6-4-10;1-8(15)12-14-11(7-16-12)6-9-2-4-10(13)5-3-9;10-6-9(12)5-7-1-3-8(11)4-2-7;9-8(11)5-6-1-3-7(10)4-2-6;9-7-3-1-6(2-4-7)5-8(10)11/h2-5,8,21H,6-7H2,1H3;3-6,8-9,19H,2,7H2,1H3;3-6,8H,1,7H2,2H3;2-5,7H,6H2,1H3;1-4H,5-6H2;1-4H,5H2;1-4H,5H2,(H,10,11). The predicted molar refractivity (Wildman–Crippen MR) is 399 cm³/mol. The Hall–Kier alpha value is -12.8. The first-order valence-corrected chi connectivity index (χ1v) is 34.8. The molecule has 7 aromatic carbocycles. The van der Waals surface area contributed by atoms with Crippen molar-refractivity contribution in [3.63, 3.8) is 0 Å². The number of benzene rings is 7. The maximum Gasteiger partial charge on any atom is 0.379 e. The summed E-state index contributed by atoms with van der Waals surface area (Å²) < 4.78 is 113. The molecule has 582 valence electrons. The first-order valence-electron chi connectivity index (χ1n) is 33.3. The molecule has 0 unspecified atom stereocenters. The van der Waals surface area contributed by atoms with E-state index in [1.54, 1.807) is 73.9 Å². The summed E-state index contributed by atoms with van der Waals surface area (Å²) in [6.45, 7) is 8.62. The number of esters is 1. The molecule has 0 aliphatic carbocycles. The van der Waals surface area contributed by atoms with Gasteiger partial charge in [-0.3, -0.25) is 33.6 Å². The summed E-state index contributed by atoms with van der Waals surface area (Å²) >= 11 is 8.18. The van der Waals surface area contributed by atoms with Crippen molar-refractivity contribution < 1.29 is 107 Å². The Morgan fingerprint density at radius 2 is 0.812 bits per heavy atom. The largest absolute Gasteiger partial charge is 0.503 e. The van der Waals surface area contributed by atoms with Crippen LogP contribution < -0.4 is 0 Å². The van der Waals surface area contributed by atoms with Crippen LogP contribution in [0.5, 0.6) is 0 Å². The minimum Gasteiger partial charge on any atom is -0.503 e. The van der Waals surface area contributed by atoms with Crippen LogP contribution in [-0.4, -0.2) is 112 Å². The highest BCUT2D eigenvalue weighted by molar-refractivity contribution is 9.09. The van der Waals surface area contributed by atoms with Gasteiger partial charge in [-0.2, -0.15) is 0 Å². The molecule has 0 fully saturated rings. The summed E-state index contributed by atoms with van der Waals surface area (Å²) in [5.41, 5.74) is 8.96. The Morgan fingerprint density at radius 1 is 0.500 bits per heavy atom. The number of allylic oxidation sites excluding steroid dienone is 1. The lowest BCUT2D eigenvalue weighted by molar-refractivity contribution is -0.151. The minimum absolute atomic E-state index is 0.0131. The lowest BCUT2D eigenvalue weighted by Gasteiger charge is -2.05. The van der Waals surface area contributed by atoms with E-state index in [9.17, 15) is 79.3 Å². The van der Waals surface area contributed by atoms with E-state index >= 15 is 0 Å². The number of likely N-dealkylation sites (N-methyl/N-ethyl adjacent to an activating group) is 1. The van der Waals surface area contributed by atoms with Gasteiger partial charge in [0.15, 0.2) is 11.5 Å². The molecule has 4 aromatic heterocycles. The number of carbonyl (C=O) groups is 8. The van der Waals surface area contributed by atoms with Gasteiger partial charge in [-0.1, -0.05) is 107 Å². The van der Waals surface area contributed by atoms with E-state index < -0.39 is 46.2 Å². The van der Waals surface area contributed by atoms with Crippen molar-refractivity contribution in [1.29, 1.82) is 0 Å². The molecule has 0 bridgehead atoms. The maximum atomic E-state index is 12.9. The second-order valence-electron chi connectivity index (χ2n) is 23.9. The number of carboxylic acid groups (broad SMARTS) is 1. The topological polar surface area (TPSA) is 314 Å². The van der Waals surface area contributed by atoms with Crippen molar-refractivity contribution in [3.8, 4) is 0 Å². The second kappa shape index (κ2) is 44.6. The number of ketones is 4. The van der Waals surface area contributed by atoms with Crippen LogP contribution in [0.15, 0.2) is 237 Å². The number of alkyl halides is 1. The molecule has 5 heterocycles. The van der Waals surface area contributed by atoms with Gasteiger partial charge in [0.1, 0.15) is 71.6 Å². The fourth-order valence-corrected chi connectivity index (χ4v) is 9.60. The van der Waals surface area contributed by atoms with Gasteiger partial charge < -0.3 is 42.6 Å². The van der Waals surface area contributed by atoms with Crippen LogP contribution in [0.3, 0.4) is 0 Å². The van der Waals surface area contributed by atoms with Crippen molar-refractivity contribution >= 4 is 85.1 Å². The number of hydrogen-bond acceptors (Lipinski definition) is 19. The van der Waals surface area contributed by atoms with E-state index in [-0.39, 0.29) is 102 Å². The van der Waals surface area contributed by atoms with Crippen LogP contribution >= 0.6 is 27.5 Å². The number of aromatic nitrogens is 4. The van der Waals surface area contributed by atoms with Gasteiger partial charge in [-0.15, -0.1) is 0 Å². The monoisotopic (exact) mass is 1630 g/mol. The molecule has 112 heavy (non-hydrogen) atoms. The van der Waals surface area contributed by atoms with Gasteiger partial charge in [0.2, 0.25) is 22.7 Å². The van der Waals surface area contributed by atoms with Gasteiger partial charge in [-0.25, -0.2) is 55.5 Å². The minimum atomic E-state index is -1.07. The Kier molecular flexibility index (Phi) is 35.1. The number of carbonyl (C=O) groups excluding carboxylic acids is 7. The number of aliphatic hydroxyl groups is 2. The van der Waals surface area contributed by atoms with Crippen molar-refractivity contribution in [1.82, 2.24) is 24.8 Å². The molecule has 1 amide bonds. The van der Waals surface area contributed by atoms with Gasteiger partial charge in [-0.05, 0) is 149 Å². The van der Waals surface area contributed by atoms with E-state index in [4.69, 9.17) is 34.4 Å². The number of nitrogens with zero attached hydrogens (tertiary/aromatic N) is 5. The normalized spacial score (nSPS) is 11.2. The van der Waals surface area contributed by atoms with E-state index in [0.717, 1.165) is 44.6 Å². The molecule has 3 N–H and O–H groups in total. The van der Waals surface area contributed by atoms with Crippen LogP contribution in [0, 0.1) is 40.7 Å². The van der Waals surface area contributed by atoms with E-state index in [0.29, 0.717) is 72.0 Å². The van der Waals surface area contributed by atoms with E-state index in [1.807, 2.05) is 6.92 Å². The number of ether oxygens (including phenoxy) is 1. The van der Waals surface area contributed by atoms with Crippen LogP contribution in [0.1, 0.15) is 116 Å². The van der Waals surface area contributed by atoms with Crippen molar-refractivity contribution in [2.45, 2.75) is 65.7 Å². The van der Waals surface area contributed by atoms with E-state index in [1.165, 1.54) is 147 Å². The molecule has 1 aliphatic heterocycles. The fraction of sp³-hybridized carbons (Fsp3) is 0.171. The van der Waals surface area contributed by atoms with Crippen molar-refractivity contribution in [2.75, 3.05) is 25.5 Å². The Morgan fingerprint density at radius 3 is 1.12 bits per heavy atom. The molecule has 0 spiro atoms. The molecule has 21 nitrogen and oxygen atoms in total. The smallest absolute Gasteiger partial charge is 0.379 e. The molecular weight excluding hydrogens is 1560 g/mol. The molecule has 30 heteroatoms. The van der Waals surface area contributed by atoms with Gasteiger partial charge in [0.05, 0.1) is 53.3 Å². The number of carboxylic acids is 1. The number of amides is 1.